The van der Waals surface area contributed by atoms with Crippen LogP contribution in [0.15, 0.2) is 9.98 Å². The normalized spacial score (nSPS) is 38.2. The van der Waals surface area contributed by atoms with E-state index < -0.39 is 0 Å². The molecule has 0 saturated heterocycles. The van der Waals surface area contributed by atoms with E-state index in [1.54, 1.807) is 6.34 Å². The minimum atomic E-state index is 0.475. The number of fused-ring (bicyclic) bond motifs is 1. The first-order valence-corrected chi connectivity index (χ1v) is 3.23. The smallest absolute Gasteiger partial charge is 0.0831 e. The van der Waals surface area contributed by atoms with Gasteiger partial charge in [-0.05, 0) is 0 Å². The summed E-state index contributed by atoms with van der Waals surface area (Å²) < 4.78 is 0. The van der Waals surface area contributed by atoms with E-state index in [0.29, 0.717) is 12.1 Å². The van der Waals surface area contributed by atoms with Crippen molar-refractivity contribution in [1.82, 2.24) is 5.32 Å². The highest BCUT2D eigenvalue weighted by molar-refractivity contribution is 5.65. The van der Waals surface area contributed by atoms with Crippen LogP contribution in [0.1, 0.15) is 6.42 Å². The number of hydrogen-bond acceptors (Lipinski definition) is 3. The van der Waals surface area contributed by atoms with Gasteiger partial charge in [-0.3, -0.25) is 9.98 Å². The van der Waals surface area contributed by atoms with Gasteiger partial charge in [-0.15, -0.1) is 0 Å². The molecule has 2 atom stereocenters. The van der Waals surface area contributed by atoms with E-state index in [1.807, 2.05) is 6.21 Å². The standard InChI is InChI=1S/C6H9N3/c1-2-7-3-6-5(1)8-4-9-6/h2,4-6H,1,3H2,(H,8,9). The molecule has 0 aromatic carbocycles. The highest BCUT2D eigenvalue weighted by Crippen LogP contribution is 2.10. The lowest BCUT2D eigenvalue weighted by atomic mass is 10.1. The van der Waals surface area contributed by atoms with Crippen LogP contribution in [0.2, 0.25) is 0 Å². The van der Waals surface area contributed by atoms with Crippen molar-refractivity contribution in [3.8, 4) is 0 Å². The molecule has 48 valence electrons. The number of aliphatic imine (C=N–C) groups is 2. The Hall–Kier alpha value is -0.860. The second kappa shape index (κ2) is 1.83. The van der Waals surface area contributed by atoms with Crippen LogP contribution < -0.4 is 5.32 Å². The first-order chi connectivity index (χ1) is 4.47. The molecule has 0 spiro atoms. The number of hydrogen-bond donors (Lipinski definition) is 1. The van der Waals surface area contributed by atoms with Gasteiger partial charge < -0.3 is 5.32 Å². The van der Waals surface area contributed by atoms with Crippen molar-refractivity contribution >= 4 is 12.6 Å². The number of nitrogens with one attached hydrogen (secondary N) is 1. The lowest BCUT2D eigenvalue weighted by Crippen LogP contribution is -2.37. The Kier molecular flexibility index (Phi) is 1.01. The molecule has 2 rings (SSSR count). The summed E-state index contributed by atoms with van der Waals surface area (Å²) in [7, 11) is 0. The molecule has 2 unspecified atom stereocenters. The number of rotatable bonds is 0. The van der Waals surface area contributed by atoms with Crippen molar-refractivity contribution in [2.75, 3.05) is 6.54 Å². The SMILES string of the molecule is C1=NCC2NC=NC2C1. The molecule has 3 heteroatoms. The van der Waals surface area contributed by atoms with Crippen molar-refractivity contribution < 1.29 is 0 Å². The van der Waals surface area contributed by atoms with Crippen molar-refractivity contribution in [3.63, 3.8) is 0 Å². The Morgan fingerprint density at radius 1 is 1.56 bits per heavy atom. The van der Waals surface area contributed by atoms with Crippen LogP contribution in [0, 0.1) is 0 Å². The van der Waals surface area contributed by atoms with E-state index in [9.17, 15) is 0 Å². The summed E-state index contributed by atoms with van der Waals surface area (Å²) in [5.41, 5.74) is 0. The molecule has 0 radical (unpaired) electrons. The molecule has 9 heavy (non-hydrogen) atoms. The van der Waals surface area contributed by atoms with Gasteiger partial charge in [-0.1, -0.05) is 0 Å². The Balaban J connectivity index is 2.13. The summed E-state index contributed by atoms with van der Waals surface area (Å²) in [6, 6.07) is 0.970. The highest BCUT2D eigenvalue weighted by Gasteiger charge is 2.24. The minimum absolute atomic E-state index is 0.475. The third kappa shape index (κ3) is 0.724. The molecule has 3 nitrogen and oxygen atoms in total. The Labute approximate surface area is 53.9 Å². The van der Waals surface area contributed by atoms with Gasteiger partial charge in [0.1, 0.15) is 0 Å². The average molecular weight is 123 g/mol. The van der Waals surface area contributed by atoms with E-state index in [4.69, 9.17) is 0 Å². The zero-order valence-corrected chi connectivity index (χ0v) is 5.12. The zero-order valence-electron chi connectivity index (χ0n) is 5.12. The summed E-state index contributed by atoms with van der Waals surface area (Å²) in [5, 5.41) is 3.15. The third-order valence-corrected chi connectivity index (χ3v) is 1.80. The fraction of sp³-hybridized carbons (Fsp3) is 0.667. The van der Waals surface area contributed by atoms with Gasteiger partial charge in [0, 0.05) is 12.6 Å². The Morgan fingerprint density at radius 3 is 3.44 bits per heavy atom. The van der Waals surface area contributed by atoms with Crippen LogP contribution >= 0.6 is 0 Å². The molecule has 0 saturated carbocycles. The van der Waals surface area contributed by atoms with Crippen LogP contribution in [0.3, 0.4) is 0 Å². The Bertz CT molecular complexity index is 162. The molecule has 0 amide bonds. The van der Waals surface area contributed by atoms with E-state index >= 15 is 0 Å². The van der Waals surface area contributed by atoms with E-state index in [-0.39, 0.29) is 0 Å². The predicted octanol–water partition coefficient (Wildman–Crippen LogP) is -0.170. The van der Waals surface area contributed by atoms with E-state index in [0.717, 1.165) is 13.0 Å². The van der Waals surface area contributed by atoms with Crippen molar-refractivity contribution in [3.05, 3.63) is 0 Å². The largest absolute Gasteiger partial charge is 0.370 e. The van der Waals surface area contributed by atoms with Gasteiger partial charge >= 0.3 is 0 Å². The second-order valence-corrected chi connectivity index (χ2v) is 2.40. The van der Waals surface area contributed by atoms with Crippen LogP contribution in [-0.4, -0.2) is 31.2 Å². The van der Waals surface area contributed by atoms with Crippen LogP contribution in [0.25, 0.3) is 0 Å². The topological polar surface area (TPSA) is 36.8 Å². The van der Waals surface area contributed by atoms with Gasteiger partial charge in [0.05, 0.1) is 25.0 Å². The quantitative estimate of drug-likeness (QED) is 0.477. The molecule has 1 N–H and O–H groups in total. The molecule has 0 aromatic heterocycles. The average Bonchev–Trinajstić information content (AvgIpc) is 2.33. The molecular weight excluding hydrogens is 114 g/mol. The predicted molar refractivity (Wildman–Crippen MR) is 37.2 cm³/mol. The highest BCUT2D eigenvalue weighted by atomic mass is 15.1. The van der Waals surface area contributed by atoms with Gasteiger partial charge in [0.25, 0.3) is 0 Å². The molecule has 0 bridgehead atoms. The summed E-state index contributed by atoms with van der Waals surface area (Å²) in [6.45, 7) is 0.894. The Morgan fingerprint density at radius 2 is 2.56 bits per heavy atom. The summed E-state index contributed by atoms with van der Waals surface area (Å²) >= 11 is 0. The summed E-state index contributed by atoms with van der Waals surface area (Å²) in [5.74, 6) is 0. The monoisotopic (exact) mass is 123 g/mol. The lowest BCUT2D eigenvalue weighted by Gasteiger charge is -2.17. The van der Waals surface area contributed by atoms with Gasteiger partial charge in [-0.25, -0.2) is 0 Å². The zero-order chi connectivity index (χ0) is 6.10. The molecular formula is C6H9N3. The van der Waals surface area contributed by atoms with Crippen LogP contribution in [-0.2, 0) is 0 Å². The van der Waals surface area contributed by atoms with Crippen LogP contribution in [0.4, 0.5) is 0 Å². The van der Waals surface area contributed by atoms with Crippen molar-refractivity contribution in [2.24, 2.45) is 9.98 Å². The molecule has 2 aliphatic heterocycles. The first-order valence-electron chi connectivity index (χ1n) is 3.23. The molecule has 0 aromatic rings. The maximum absolute atomic E-state index is 4.23. The third-order valence-electron chi connectivity index (χ3n) is 1.80. The van der Waals surface area contributed by atoms with Gasteiger partial charge in [0.2, 0.25) is 0 Å². The van der Waals surface area contributed by atoms with Gasteiger partial charge in [-0.2, -0.15) is 0 Å². The van der Waals surface area contributed by atoms with Gasteiger partial charge in [0.15, 0.2) is 0 Å². The fourth-order valence-electron chi connectivity index (χ4n) is 1.22. The minimum Gasteiger partial charge on any atom is -0.370 e. The first kappa shape index (κ1) is 4.97. The van der Waals surface area contributed by atoms with Crippen molar-refractivity contribution in [1.29, 1.82) is 0 Å². The lowest BCUT2D eigenvalue weighted by molar-refractivity contribution is 0.532. The van der Waals surface area contributed by atoms with E-state index in [2.05, 4.69) is 15.3 Å². The number of nitrogens with zero attached hydrogens (tertiary/aromatic N) is 2. The van der Waals surface area contributed by atoms with Crippen molar-refractivity contribution in [2.45, 2.75) is 18.5 Å². The summed E-state index contributed by atoms with van der Waals surface area (Å²) in [6.07, 6.45) is 4.77. The molecule has 2 heterocycles. The molecule has 0 aliphatic carbocycles. The van der Waals surface area contributed by atoms with E-state index in [1.165, 1.54) is 0 Å². The fourth-order valence-corrected chi connectivity index (χ4v) is 1.22. The summed E-state index contributed by atoms with van der Waals surface area (Å²) in [4.78, 5) is 8.38. The van der Waals surface area contributed by atoms with Crippen LogP contribution in [0.5, 0.6) is 0 Å². The second-order valence-electron chi connectivity index (χ2n) is 2.40. The maximum Gasteiger partial charge on any atom is 0.0831 e. The maximum atomic E-state index is 4.23. The molecule has 2 aliphatic rings. The molecule has 0 fully saturated rings.